The van der Waals surface area contributed by atoms with Gasteiger partial charge in [-0.05, 0) is 51.3 Å². The highest BCUT2D eigenvalue weighted by Gasteiger charge is 2.24. The van der Waals surface area contributed by atoms with E-state index in [1.807, 2.05) is 0 Å². The lowest BCUT2D eigenvalue weighted by Gasteiger charge is -2.31. The number of halogens is 3. The fourth-order valence-corrected chi connectivity index (χ4v) is 2.34. The van der Waals surface area contributed by atoms with Gasteiger partial charge in [0.05, 0.1) is 0 Å². The number of ether oxygens (including phenoxy) is 1. The molecule has 1 aliphatic heterocycles. The summed E-state index contributed by atoms with van der Waals surface area (Å²) in [5.74, 6) is -3.88. The Hall–Kier alpha value is -1.98. The van der Waals surface area contributed by atoms with Crippen LogP contribution < -0.4 is 0 Å². The first-order valence-electron chi connectivity index (χ1n) is 7.47. The van der Waals surface area contributed by atoms with Gasteiger partial charge in [0.1, 0.15) is 5.60 Å². The molecule has 1 saturated heterocycles. The topological polar surface area (TPSA) is 29.5 Å². The fourth-order valence-electron chi connectivity index (χ4n) is 2.34. The molecule has 126 valence electrons. The highest BCUT2D eigenvalue weighted by Crippen LogP contribution is 2.23. The fraction of sp³-hybridized carbons (Fsp3) is 0.471. The maximum atomic E-state index is 13.2. The van der Waals surface area contributed by atoms with Crippen LogP contribution in [0.5, 0.6) is 0 Å². The standard InChI is InChI=1S/C17H20F3NO2/c1-17(2,3)23-16(22)21-6-4-11(5-7-21)8-12-9-13(18)15(20)14(19)10-12/h8-10H,4-7H2,1-3H3. The Morgan fingerprint density at radius 3 is 2.13 bits per heavy atom. The van der Waals surface area contributed by atoms with Crippen LogP contribution in [0.3, 0.4) is 0 Å². The molecule has 6 heteroatoms. The van der Waals surface area contributed by atoms with Crippen molar-refractivity contribution in [3.63, 3.8) is 0 Å². The van der Waals surface area contributed by atoms with Crippen molar-refractivity contribution in [1.82, 2.24) is 4.90 Å². The van der Waals surface area contributed by atoms with Gasteiger partial charge in [0.2, 0.25) is 0 Å². The Morgan fingerprint density at radius 1 is 1.13 bits per heavy atom. The molecule has 0 radical (unpaired) electrons. The minimum Gasteiger partial charge on any atom is -0.444 e. The van der Waals surface area contributed by atoms with Gasteiger partial charge >= 0.3 is 6.09 Å². The van der Waals surface area contributed by atoms with Crippen molar-refractivity contribution in [1.29, 1.82) is 0 Å². The number of hydrogen-bond donors (Lipinski definition) is 0. The predicted octanol–water partition coefficient (Wildman–Crippen LogP) is 4.52. The molecule has 2 rings (SSSR count). The van der Waals surface area contributed by atoms with Gasteiger partial charge in [0.15, 0.2) is 17.5 Å². The van der Waals surface area contributed by atoms with E-state index in [1.165, 1.54) is 0 Å². The van der Waals surface area contributed by atoms with Gasteiger partial charge < -0.3 is 9.64 Å². The molecular formula is C17H20F3NO2. The zero-order valence-electron chi connectivity index (χ0n) is 13.5. The molecule has 1 fully saturated rings. The van der Waals surface area contributed by atoms with Gasteiger partial charge in [-0.2, -0.15) is 0 Å². The highest BCUT2D eigenvalue weighted by atomic mass is 19.2. The lowest BCUT2D eigenvalue weighted by atomic mass is 10.0. The van der Waals surface area contributed by atoms with E-state index in [0.717, 1.165) is 17.7 Å². The minimum absolute atomic E-state index is 0.280. The van der Waals surface area contributed by atoms with E-state index < -0.39 is 23.1 Å². The Labute approximate surface area is 133 Å². The Morgan fingerprint density at radius 2 is 1.65 bits per heavy atom. The van der Waals surface area contributed by atoms with Crippen LogP contribution in [-0.4, -0.2) is 29.7 Å². The Balaban J connectivity index is 2.00. The van der Waals surface area contributed by atoms with Crippen LogP contribution in [0.2, 0.25) is 0 Å². The molecule has 0 N–H and O–H groups in total. The van der Waals surface area contributed by atoms with Gasteiger partial charge in [-0.15, -0.1) is 0 Å². The smallest absolute Gasteiger partial charge is 0.410 e. The average molecular weight is 327 g/mol. The van der Waals surface area contributed by atoms with Crippen molar-refractivity contribution < 1.29 is 22.7 Å². The molecule has 23 heavy (non-hydrogen) atoms. The van der Waals surface area contributed by atoms with Crippen LogP contribution in [0.1, 0.15) is 39.2 Å². The lowest BCUT2D eigenvalue weighted by Crippen LogP contribution is -2.40. The maximum absolute atomic E-state index is 13.2. The summed E-state index contributed by atoms with van der Waals surface area (Å²) in [7, 11) is 0. The van der Waals surface area contributed by atoms with E-state index >= 15 is 0 Å². The zero-order valence-corrected chi connectivity index (χ0v) is 13.5. The van der Waals surface area contributed by atoms with Crippen LogP contribution >= 0.6 is 0 Å². The highest BCUT2D eigenvalue weighted by molar-refractivity contribution is 5.68. The molecule has 0 aromatic heterocycles. The van der Waals surface area contributed by atoms with Gasteiger partial charge in [0.25, 0.3) is 0 Å². The van der Waals surface area contributed by atoms with Crippen LogP contribution in [0.4, 0.5) is 18.0 Å². The van der Waals surface area contributed by atoms with Crippen molar-refractivity contribution in [3.05, 3.63) is 40.7 Å². The van der Waals surface area contributed by atoms with E-state index in [0.29, 0.717) is 25.9 Å². The number of nitrogens with zero attached hydrogens (tertiary/aromatic N) is 1. The van der Waals surface area contributed by atoms with Crippen LogP contribution in [0, 0.1) is 17.5 Å². The average Bonchev–Trinajstić information content (AvgIpc) is 2.43. The second-order valence-electron chi connectivity index (χ2n) is 6.57. The minimum atomic E-state index is -1.47. The quantitative estimate of drug-likeness (QED) is 0.710. The summed E-state index contributed by atoms with van der Waals surface area (Å²) < 4.78 is 44.6. The molecule has 1 heterocycles. The third-order valence-electron chi connectivity index (χ3n) is 3.43. The molecule has 0 bridgehead atoms. The number of likely N-dealkylation sites (tertiary alicyclic amines) is 1. The van der Waals surface area contributed by atoms with Crippen molar-refractivity contribution in [2.24, 2.45) is 0 Å². The lowest BCUT2D eigenvalue weighted by molar-refractivity contribution is 0.0237. The third kappa shape index (κ3) is 4.74. The molecule has 1 amide bonds. The summed E-state index contributed by atoms with van der Waals surface area (Å²) in [5, 5.41) is 0. The molecule has 0 unspecified atom stereocenters. The number of rotatable bonds is 1. The summed E-state index contributed by atoms with van der Waals surface area (Å²) in [5.41, 5.74) is 0.688. The molecular weight excluding hydrogens is 307 g/mol. The largest absolute Gasteiger partial charge is 0.444 e. The van der Waals surface area contributed by atoms with Crippen molar-refractivity contribution in [2.75, 3.05) is 13.1 Å². The second-order valence-corrected chi connectivity index (χ2v) is 6.57. The van der Waals surface area contributed by atoms with E-state index in [1.54, 1.807) is 31.7 Å². The summed E-state index contributed by atoms with van der Waals surface area (Å²) >= 11 is 0. The van der Waals surface area contributed by atoms with Gasteiger partial charge in [-0.25, -0.2) is 18.0 Å². The molecule has 1 aromatic carbocycles. The van der Waals surface area contributed by atoms with E-state index in [4.69, 9.17) is 4.74 Å². The van der Waals surface area contributed by atoms with Crippen molar-refractivity contribution in [2.45, 2.75) is 39.2 Å². The van der Waals surface area contributed by atoms with Gasteiger partial charge in [-0.3, -0.25) is 0 Å². The summed E-state index contributed by atoms with van der Waals surface area (Å²) in [6.45, 7) is 6.37. The second kappa shape index (κ2) is 6.64. The van der Waals surface area contributed by atoms with Crippen LogP contribution in [0.15, 0.2) is 17.7 Å². The molecule has 0 aliphatic carbocycles. The molecule has 1 aromatic rings. The Kier molecular flexibility index (Phi) is 5.02. The van der Waals surface area contributed by atoms with E-state index in [9.17, 15) is 18.0 Å². The number of benzene rings is 1. The summed E-state index contributed by atoms with van der Waals surface area (Å²) in [6, 6.07) is 1.93. The predicted molar refractivity (Wildman–Crippen MR) is 81.3 cm³/mol. The van der Waals surface area contributed by atoms with E-state index in [-0.39, 0.29) is 11.7 Å². The monoisotopic (exact) mass is 327 g/mol. The number of amides is 1. The zero-order chi connectivity index (χ0) is 17.2. The SMILES string of the molecule is CC(C)(C)OC(=O)N1CCC(=Cc2cc(F)c(F)c(F)c2)CC1. The van der Waals surface area contributed by atoms with Crippen molar-refractivity contribution in [3.8, 4) is 0 Å². The molecule has 0 spiro atoms. The van der Waals surface area contributed by atoms with Gasteiger partial charge in [0, 0.05) is 13.1 Å². The first-order chi connectivity index (χ1) is 10.7. The third-order valence-corrected chi connectivity index (χ3v) is 3.43. The normalized spacial score (nSPS) is 15.6. The summed E-state index contributed by atoms with van der Waals surface area (Å²) in [4.78, 5) is 13.6. The van der Waals surface area contributed by atoms with Gasteiger partial charge in [-0.1, -0.05) is 11.6 Å². The number of hydrogen-bond acceptors (Lipinski definition) is 2. The first kappa shape index (κ1) is 17.4. The van der Waals surface area contributed by atoms with Crippen LogP contribution in [-0.2, 0) is 4.74 Å². The van der Waals surface area contributed by atoms with Crippen molar-refractivity contribution >= 4 is 12.2 Å². The maximum Gasteiger partial charge on any atom is 0.410 e. The Bertz CT molecular complexity index is 602. The number of piperidine rings is 1. The molecule has 0 atom stereocenters. The number of carbonyl (C=O) groups excluding carboxylic acids is 1. The molecule has 1 aliphatic rings. The van der Waals surface area contributed by atoms with E-state index in [2.05, 4.69) is 0 Å². The molecule has 0 saturated carbocycles. The number of carbonyl (C=O) groups is 1. The van der Waals surface area contributed by atoms with Crippen LogP contribution in [0.25, 0.3) is 6.08 Å². The molecule has 3 nitrogen and oxygen atoms in total. The summed E-state index contributed by atoms with van der Waals surface area (Å²) in [6.07, 6.45) is 2.44. The first-order valence-corrected chi connectivity index (χ1v) is 7.47.